The molecule has 28 heavy (non-hydrogen) atoms. The number of benzene rings is 2. The van der Waals surface area contributed by atoms with Gasteiger partial charge in [-0.15, -0.1) is 0 Å². The second-order valence-electron chi connectivity index (χ2n) is 6.74. The first-order valence-electron chi connectivity index (χ1n) is 9.30. The van der Waals surface area contributed by atoms with E-state index in [2.05, 4.69) is 25.9 Å². The molecule has 0 aliphatic carbocycles. The highest BCUT2D eigenvalue weighted by atomic mass is 16.1. The van der Waals surface area contributed by atoms with Crippen LogP contribution in [0.3, 0.4) is 0 Å². The van der Waals surface area contributed by atoms with Gasteiger partial charge in [0.05, 0.1) is 5.69 Å². The zero-order chi connectivity index (χ0) is 20.1. The van der Waals surface area contributed by atoms with E-state index in [1.54, 1.807) is 0 Å². The van der Waals surface area contributed by atoms with Crippen LogP contribution in [0.25, 0.3) is 0 Å². The highest BCUT2D eigenvalue weighted by Gasteiger charge is 2.14. The second-order valence-corrected chi connectivity index (χ2v) is 6.74. The standard InChI is InChI=1S/C22H25N5O/c1-5-19(28)26-20-16(4)23-22(25-18-12-8-15(3)9-13-18)27-21(20)24-17-10-6-14(2)7-11-17/h6-13H,5H2,1-4H3,(H,26,28)(H2,23,24,25,27). The van der Waals surface area contributed by atoms with Gasteiger partial charge in [-0.1, -0.05) is 42.3 Å². The highest BCUT2D eigenvalue weighted by molar-refractivity contribution is 5.94. The van der Waals surface area contributed by atoms with Gasteiger partial charge in [-0.3, -0.25) is 4.79 Å². The molecule has 0 aliphatic rings. The number of hydrogen-bond acceptors (Lipinski definition) is 5. The van der Waals surface area contributed by atoms with Crippen molar-refractivity contribution in [2.24, 2.45) is 0 Å². The predicted octanol–water partition coefficient (Wildman–Crippen LogP) is 5.24. The summed E-state index contributed by atoms with van der Waals surface area (Å²) in [6.45, 7) is 7.74. The molecule has 3 rings (SSSR count). The molecule has 0 saturated heterocycles. The number of rotatable bonds is 6. The number of hydrogen-bond donors (Lipinski definition) is 3. The number of amides is 1. The van der Waals surface area contributed by atoms with E-state index in [0.717, 1.165) is 11.4 Å². The topological polar surface area (TPSA) is 78.9 Å². The Morgan fingerprint density at radius 1 is 0.821 bits per heavy atom. The van der Waals surface area contributed by atoms with Gasteiger partial charge >= 0.3 is 0 Å². The van der Waals surface area contributed by atoms with Crippen LogP contribution in [0.1, 0.15) is 30.2 Å². The number of aryl methyl sites for hydroxylation is 3. The van der Waals surface area contributed by atoms with Crippen LogP contribution >= 0.6 is 0 Å². The third kappa shape index (κ3) is 4.85. The molecule has 144 valence electrons. The third-order valence-electron chi connectivity index (χ3n) is 4.30. The van der Waals surface area contributed by atoms with Crippen molar-refractivity contribution in [3.8, 4) is 0 Å². The van der Waals surface area contributed by atoms with E-state index in [4.69, 9.17) is 0 Å². The lowest BCUT2D eigenvalue weighted by Crippen LogP contribution is -2.15. The minimum Gasteiger partial charge on any atom is -0.338 e. The molecule has 6 heteroatoms. The first-order chi connectivity index (χ1) is 13.4. The zero-order valence-corrected chi connectivity index (χ0v) is 16.6. The van der Waals surface area contributed by atoms with Crippen LogP contribution in [0.4, 0.5) is 28.8 Å². The van der Waals surface area contributed by atoms with Crippen molar-refractivity contribution in [2.75, 3.05) is 16.0 Å². The molecule has 0 saturated carbocycles. The fourth-order valence-corrected chi connectivity index (χ4v) is 2.64. The summed E-state index contributed by atoms with van der Waals surface area (Å²) in [6.07, 6.45) is 0.382. The van der Waals surface area contributed by atoms with Gasteiger partial charge in [0, 0.05) is 17.8 Å². The van der Waals surface area contributed by atoms with Crippen LogP contribution in [-0.2, 0) is 4.79 Å². The molecule has 0 atom stereocenters. The van der Waals surface area contributed by atoms with Crippen LogP contribution < -0.4 is 16.0 Å². The van der Waals surface area contributed by atoms with Gasteiger partial charge in [0.2, 0.25) is 11.9 Å². The Kier molecular flexibility index (Phi) is 5.89. The number of anilines is 5. The van der Waals surface area contributed by atoms with E-state index in [1.807, 2.05) is 76.2 Å². The normalized spacial score (nSPS) is 10.4. The molecule has 1 aromatic heterocycles. The van der Waals surface area contributed by atoms with Crippen molar-refractivity contribution in [1.82, 2.24) is 9.97 Å². The lowest BCUT2D eigenvalue weighted by Gasteiger charge is -2.16. The number of carbonyl (C=O) groups is 1. The lowest BCUT2D eigenvalue weighted by molar-refractivity contribution is -0.115. The average Bonchev–Trinajstić information content (AvgIpc) is 2.68. The highest BCUT2D eigenvalue weighted by Crippen LogP contribution is 2.29. The van der Waals surface area contributed by atoms with Gasteiger partial charge < -0.3 is 16.0 Å². The largest absolute Gasteiger partial charge is 0.338 e. The SMILES string of the molecule is CCC(=O)Nc1c(C)nc(Nc2ccc(C)cc2)nc1Nc1ccc(C)cc1. The Labute approximate surface area is 165 Å². The molecule has 6 nitrogen and oxygen atoms in total. The van der Waals surface area contributed by atoms with Gasteiger partial charge in [-0.25, -0.2) is 4.98 Å². The summed E-state index contributed by atoms with van der Waals surface area (Å²) < 4.78 is 0. The van der Waals surface area contributed by atoms with E-state index in [9.17, 15) is 4.79 Å². The molecular weight excluding hydrogens is 350 g/mol. The smallest absolute Gasteiger partial charge is 0.229 e. The quantitative estimate of drug-likeness (QED) is 0.549. The number of nitrogens with zero attached hydrogens (tertiary/aromatic N) is 2. The summed E-state index contributed by atoms with van der Waals surface area (Å²) in [4.78, 5) is 21.1. The molecule has 1 heterocycles. The fourth-order valence-electron chi connectivity index (χ4n) is 2.64. The first-order valence-corrected chi connectivity index (χ1v) is 9.30. The van der Waals surface area contributed by atoms with Gasteiger partial charge in [-0.2, -0.15) is 4.98 Å². The Balaban J connectivity index is 1.96. The van der Waals surface area contributed by atoms with Crippen molar-refractivity contribution in [1.29, 1.82) is 0 Å². The van der Waals surface area contributed by atoms with Gasteiger partial charge in [-0.05, 0) is 45.0 Å². The third-order valence-corrected chi connectivity index (χ3v) is 4.30. The number of aromatic nitrogens is 2. The molecule has 3 aromatic rings. The van der Waals surface area contributed by atoms with Crippen molar-refractivity contribution in [3.63, 3.8) is 0 Å². The van der Waals surface area contributed by atoms with E-state index >= 15 is 0 Å². The van der Waals surface area contributed by atoms with Crippen LogP contribution in [-0.4, -0.2) is 15.9 Å². The van der Waals surface area contributed by atoms with Crippen molar-refractivity contribution < 1.29 is 4.79 Å². The summed E-state index contributed by atoms with van der Waals surface area (Å²) in [5.41, 5.74) is 5.41. The maximum absolute atomic E-state index is 12.0. The lowest BCUT2D eigenvalue weighted by atomic mass is 10.2. The molecular formula is C22H25N5O. The molecule has 0 radical (unpaired) electrons. The maximum Gasteiger partial charge on any atom is 0.229 e. The maximum atomic E-state index is 12.0. The minimum absolute atomic E-state index is 0.0853. The Hall–Kier alpha value is -3.41. The molecule has 0 bridgehead atoms. The summed E-state index contributed by atoms with van der Waals surface area (Å²) in [5, 5.41) is 9.43. The Bertz CT molecular complexity index is 965. The molecule has 2 aromatic carbocycles. The van der Waals surface area contributed by atoms with Gasteiger partial charge in [0.25, 0.3) is 0 Å². The second kappa shape index (κ2) is 8.52. The van der Waals surface area contributed by atoms with E-state index in [-0.39, 0.29) is 5.91 Å². The van der Waals surface area contributed by atoms with Crippen LogP contribution in [0.5, 0.6) is 0 Å². The van der Waals surface area contributed by atoms with E-state index < -0.39 is 0 Å². The summed E-state index contributed by atoms with van der Waals surface area (Å²) in [7, 11) is 0. The predicted molar refractivity (Wildman–Crippen MR) is 115 cm³/mol. The van der Waals surface area contributed by atoms with Crippen molar-refractivity contribution in [3.05, 3.63) is 65.4 Å². The molecule has 0 fully saturated rings. The molecule has 0 unspecified atom stereocenters. The monoisotopic (exact) mass is 375 g/mol. The summed E-state index contributed by atoms with van der Waals surface area (Å²) >= 11 is 0. The fraction of sp³-hybridized carbons (Fsp3) is 0.227. The van der Waals surface area contributed by atoms with Crippen molar-refractivity contribution >= 4 is 34.7 Å². The molecule has 0 spiro atoms. The summed E-state index contributed by atoms with van der Waals surface area (Å²) in [6, 6.07) is 16.0. The number of carbonyl (C=O) groups excluding carboxylic acids is 1. The van der Waals surface area contributed by atoms with Crippen LogP contribution in [0, 0.1) is 20.8 Å². The van der Waals surface area contributed by atoms with Crippen molar-refractivity contribution in [2.45, 2.75) is 34.1 Å². The Morgan fingerprint density at radius 2 is 1.36 bits per heavy atom. The zero-order valence-electron chi connectivity index (χ0n) is 16.6. The number of nitrogens with one attached hydrogen (secondary N) is 3. The molecule has 3 N–H and O–H groups in total. The first kappa shape index (κ1) is 19.4. The van der Waals surface area contributed by atoms with Gasteiger partial charge in [0.15, 0.2) is 5.82 Å². The van der Waals surface area contributed by atoms with Crippen LogP contribution in [0.15, 0.2) is 48.5 Å². The summed E-state index contributed by atoms with van der Waals surface area (Å²) in [5.74, 6) is 0.927. The molecule has 0 aliphatic heterocycles. The van der Waals surface area contributed by atoms with E-state index in [1.165, 1.54) is 11.1 Å². The molecule has 1 amide bonds. The van der Waals surface area contributed by atoms with Gasteiger partial charge in [0.1, 0.15) is 5.69 Å². The van der Waals surface area contributed by atoms with E-state index in [0.29, 0.717) is 29.6 Å². The average molecular weight is 375 g/mol. The Morgan fingerprint density at radius 3 is 1.89 bits per heavy atom. The van der Waals surface area contributed by atoms with Crippen LogP contribution in [0.2, 0.25) is 0 Å². The minimum atomic E-state index is -0.0853.